The average molecular weight is 1630 g/mol. The van der Waals surface area contributed by atoms with E-state index in [-0.39, 0.29) is 123 Å². The molecule has 1 saturated heterocycles. The first-order valence-electron chi connectivity index (χ1n) is 35.2. The van der Waals surface area contributed by atoms with Crippen LogP contribution < -0.4 is 42.5 Å². The fourth-order valence-corrected chi connectivity index (χ4v) is 19.5. The third-order valence-corrected chi connectivity index (χ3v) is 26.2. The zero-order chi connectivity index (χ0) is 82.0. The highest BCUT2D eigenvalue weighted by Gasteiger charge is 2.48. The van der Waals surface area contributed by atoms with Crippen LogP contribution in [0.1, 0.15) is 154 Å². The van der Waals surface area contributed by atoms with E-state index in [2.05, 4.69) is 42.2 Å². The Bertz CT molecular complexity index is 3550. The molecule has 0 bridgehead atoms. The zero-order valence-corrected chi connectivity index (χ0v) is 65.5. The molecule has 39 nitrogen and oxygen atoms in total. The topological polar surface area (TPSA) is 592 Å². The number of carbonyl (C=O) groups excluding carboxylic acids is 7. The molecule has 0 aliphatic carbocycles. The van der Waals surface area contributed by atoms with Crippen LogP contribution in [0.15, 0.2) is 35.4 Å². The van der Waals surface area contributed by atoms with Gasteiger partial charge >= 0.3 is 47.8 Å². The molecule has 1 aliphatic heterocycles. The fraction of sp³-hybridized carbons (Fsp3) is 0.662. The largest absolute Gasteiger partial charge is 0.481 e. The molecule has 3 rings (SSSR count). The SMILES string of the molecule is CC(C)(C)S(F)(c1ccc(C(=O)NC[C@H](C(=O)N[C@H](CCCCNC(=O)CCC(=O)NCCC[C@@H](NC(=O)CC[C@H](NC(=O)N[C@@H](CCC(=O)O)C(=O)O)C(=O)O)C(=O)O)C(=O)O)n2cc(CNC(=O)CCP(=O)(O)CN3CCN(CPCCC(=O)O)CCN(CP(=O)(O)CCC(=O)O)CC3)nn2)cc1)C(C)(C)C. The van der Waals surface area contributed by atoms with Crippen LogP contribution in [0.25, 0.3) is 0 Å². The molecule has 3 unspecified atom stereocenters. The summed E-state index contributed by atoms with van der Waals surface area (Å²) in [5.41, 5.74) is 0.159. The number of rotatable bonds is 49. The van der Waals surface area contributed by atoms with E-state index in [0.29, 0.717) is 37.0 Å². The number of benzene rings is 1. The lowest BCUT2D eigenvalue weighted by Gasteiger charge is -2.52. The minimum absolute atomic E-state index is 0.0103. The molecule has 1 aromatic carbocycles. The number of halogens is 1. The van der Waals surface area contributed by atoms with Crippen molar-refractivity contribution in [1.82, 2.24) is 72.2 Å². The smallest absolute Gasteiger partial charge is 0.326 e. The minimum Gasteiger partial charge on any atom is -0.481 e. The molecule has 0 radical (unpaired) electrons. The Kier molecular flexibility index (Phi) is 39.8. The third kappa shape index (κ3) is 36.0. The van der Waals surface area contributed by atoms with E-state index in [9.17, 15) is 106 Å². The van der Waals surface area contributed by atoms with Gasteiger partial charge in [0.15, 0.2) is 0 Å². The number of amides is 8. The van der Waals surface area contributed by atoms with E-state index < -0.39 is 206 Å². The van der Waals surface area contributed by atoms with Crippen molar-refractivity contribution in [2.75, 3.05) is 96.2 Å². The van der Waals surface area contributed by atoms with Crippen molar-refractivity contribution in [2.24, 2.45) is 0 Å². The molecule has 8 amide bonds. The van der Waals surface area contributed by atoms with E-state index >= 15 is 3.89 Å². The Morgan fingerprint density at radius 2 is 0.972 bits per heavy atom. The summed E-state index contributed by atoms with van der Waals surface area (Å²) in [5.74, 6) is -14.1. The lowest BCUT2D eigenvalue weighted by Crippen LogP contribution is -2.51. The fourth-order valence-electron chi connectivity index (χ4n) is 11.3. The molecule has 8 atom stereocenters. The second kappa shape index (κ2) is 45.8. The van der Waals surface area contributed by atoms with Gasteiger partial charge in [-0.15, -0.1) is 13.7 Å². The minimum atomic E-state index is -4.09. The number of hydrogen-bond donors (Lipinski definition) is 17. The Morgan fingerprint density at radius 3 is 1.47 bits per heavy atom. The molecule has 17 N–H and O–H groups in total. The number of carboxylic acid groups (broad SMARTS) is 7. The second-order valence-corrected chi connectivity index (χ2v) is 38.2. The molecule has 1 aromatic heterocycles. The molecule has 0 spiro atoms. The number of urea groups is 1. The van der Waals surface area contributed by atoms with Gasteiger partial charge in [0.2, 0.25) is 44.3 Å². The number of nitrogens with one attached hydrogen (secondary N) is 8. The van der Waals surface area contributed by atoms with Gasteiger partial charge in [-0.05, 0) is 117 Å². The van der Waals surface area contributed by atoms with Gasteiger partial charge in [-0.1, -0.05) is 15.6 Å². The molecular weight excluding hydrogens is 1520 g/mol. The van der Waals surface area contributed by atoms with E-state index in [1.807, 2.05) is 15.5 Å². The maximum Gasteiger partial charge on any atom is 0.326 e. The average Bonchev–Trinajstić information content (AvgIpc) is 0.940. The lowest BCUT2D eigenvalue weighted by molar-refractivity contribution is -0.143. The maximum atomic E-state index is 17.1. The Labute approximate surface area is 632 Å². The monoisotopic (exact) mass is 1630 g/mol. The highest BCUT2D eigenvalue weighted by Crippen LogP contribution is 2.74. The molecule has 614 valence electrons. The number of nitrogens with zero attached hydrogens (tertiary/aromatic N) is 6. The number of carbonyl (C=O) groups is 14. The molecule has 0 saturated carbocycles. The van der Waals surface area contributed by atoms with Gasteiger partial charge in [-0.2, -0.15) is 3.89 Å². The van der Waals surface area contributed by atoms with Gasteiger partial charge in [0, 0.05) is 136 Å². The Hall–Kier alpha value is -8.29. The van der Waals surface area contributed by atoms with Crippen LogP contribution in [-0.4, -0.2) is 288 Å². The normalized spacial score (nSPS) is 16.1. The van der Waals surface area contributed by atoms with E-state index in [4.69, 9.17) is 15.3 Å². The predicted molar refractivity (Wildman–Crippen MR) is 395 cm³/mol. The number of hydrogen-bond acceptors (Lipinski definition) is 21. The first-order chi connectivity index (χ1) is 50.8. The van der Waals surface area contributed by atoms with Gasteiger partial charge in [-0.25, -0.2) is 28.7 Å². The lowest BCUT2D eigenvalue weighted by atomic mass is 10.1. The van der Waals surface area contributed by atoms with Crippen LogP contribution in [-0.2, 0) is 73.2 Å². The van der Waals surface area contributed by atoms with Gasteiger partial charge < -0.3 is 88.1 Å². The van der Waals surface area contributed by atoms with Gasteiger partial charge in [-0.3, -0.25) is 67.0 Å². The summed E-state index contributed by atoms with van der Waals surface area (Å²) in [4.78, 5) is 200. The van der Waals surface area contributed by atoms with Crippen molar-refractivity contribution in [3.8, 4) is 0 Å². The van der Waals surface area contributed by atoms with Gasteiger partial charge in [0.05, 0.1) is 31.7 Å². The summed E-state index contributed by atoms with van der Waals surface area (Å²) in [6.45, 7) is 11.7. The van der Waals surface area contributed by atoms with Crippen molar-refractivity contribution in [1.29, 1.82) is 0 Å². The second-order valence-electron chi connectivity index (χ2n) is 28.0. The summed E-state index contributed by atoms with van der Waals surface area (Å²) < 4.78 is 43.3. The predicted octanol–water partition coefficient (Wildman–Crippen LogP) is 1.81. The number of carboxylic acids is 7. The number of unbranched alkanes of at least 4 members (excludes halogenated alkanes) is 1. The molecule has 2 heterocycles. The number of aromatic nitrogens is 3. The Balaban J connectivity index is 1.62. The maximum absolute atomic E-state index is 17.1. The van der Waals surface area contributed by atoms with Crippen LogP contribution in [0.4, 0.5) is 8.68 Å². The first kappa shape index (κ1) is 94.9. The van der Waals surface area contributed by atoms with Gasteiger partial charge in [0.25, 0.3) is 5.91 Å². The van der Waals surface area contributed by atoms with Crippen molar-refractivity contribution in [2.45, 2.75) is 183 Å². The quantitative estimate of drug-likeness (QED) is 0.0332. The highest BCUT2D eigenvalue weighted by atomic mass is 32.3. The molecule has 1 fully saturated rings. The summed E-state index contributed by atoms with van der Waals surface area (Å²) in [6, 6.07) is -3.28. The van der Waals surface area contributed by atoms with Crippen LogP contribution >= 0.6 is 33.7 Å². The van der Waals surface area contributed by atoms with E-state index in [1.54, 1.807) is 51.3 Å². The molecule has 1 aliphatic rings. The summed E-state index contributed by atoms with van der Waals surface area (Å²) >= 11 is 0. The number of aliphatic carboxylic acids is 7. The van der Waals surface area contributed by atoms with Crippen LogP contribution in [0.3, 0.4) is 0 Å². The summed E-state index contributed by atoms with van der Waals surface area (Å²) in [7, 11) is -10.8. The van der Waals surface area contributed by atoms with Crippen molar-refractivity contribution >= 4 is 117 Å². The van der Waals surface area contributed by atoms with Crippen LogP contribution in [0, 0.1) is 0 Å². The van der Waals surface area contributed by atoms with E-state index in [1.165, 1.54) is 30.5 Å². The van der Waals surface area contributed by atoms with Crippen molar-refractivity contribution in [3.63, 3.8) is 0 Å². The standard InChI is InChI=1S/C65H106FN14O25P3S/c1-64(2,3)109(66,65(4,5)6)44-14-12-42(13-15-44)57(91)70-37-49(80-38-43(75-76-80)36-69-52(83)23-34-107(102,103)40-78-29-27-77(39-106-33-22-55(87)88)28-30-79(32-31-78)41-108(104,105)35-24-56(89)90)58(92)72-46(60(95)96)10-7-8-25-67-50(81)19-20-51(82)68-26-9-11-45(59(93)94)71-53(84)18-16-47(61(97)98)73-63(101)74-48(62(99)100)17-21-54(85)86/h12-15,38,45-49,106H,7-11,16-37,39-41H2,1-6H3,(H,67,81)(H,68,82)(H,69,83)(H,70,91)(H,71,84)(H,72,92)(H,85,86)(H,87,88)(H,89,90)(H,93,94)(H,95,96)(H,97,98)(H,99,100)(H,102,103)(H,104,105)(H2,73,74,101)/t45-,46-,47+,48+,49-/m1/s1. The van der Waals surface area contributed by atoms with E-state index in [0.717, 1.165) is 4.68 Å². The molecule has 109 heavy (non-hydrogen) atoms. The van der Waals surface area contributed by atoms with Crippen molar-refractivity contribution in [3.05, 3.63) is 41.7 Å². The Morgan fingerprint density at radius 1 is 0.523 bits per heavy atom. The zero-order valence-electron chi connectivity index (χ0n) is 61.9. The highest BCUT2D eigenvalue weighted by molar-refractivity contribution is 8.31. The van der Waals surface area contributed by atoms with Crippen LogP contribution in [0.5, 0.6) is 0 Å². The molecular formula is C65H106FN14O25P3S. The molecule has 44 heteroatoms. The van der Waals surface area contributed by atoms with Crippen LogP contribution in [0.2, 0.25) is 0 Å². The first-order valence-corrected chi connectivity index (χ1v) is 42.2. The third-order valence-electron chi connectivity index (χ3n) is 17.1. The molecule has 2 aromatic rings. The van der Waals surface area contributed by atoms with Gasteiger partial charge in [0.1, 0.15) is 35.9 Å². The van der Waals surface area contributed by atoms with Crippen molar-refractivity contribution < 1.29 is 126 Å². The summed E-state index contributed by atoms with van der Waals surface area (Å²) in [6.07, 6.45) is -3.36. The summed E-state index contributed by atoms with van der Waals surface area (Å²) in [5, 5.41) is 92.8.